The first-order valence-electron chi connectivity index (χ1n) is 11.3. The standard InChI is InChI=1S/C25H33F5N/c1-4-7-15-31(16-8-5-2,17-9-6-3)25(18-13-11-10-12-14-18)19-20(26)22(28)24(30)23(29)21(19)27/h10-14,25H,4-9,15-17H2,1-3H3/q+1. The normalized spacial score (nSPS) is 12.9. The van der Waals surface area contributed by atoms with Crippen LogP contribution in [0.5, 0.6) is 0 Å². The van der Waals surface area contributed by atoms with Gasteiger partial charge in [-0.1, -0.05) is 70.4 Å². The van der Waals surface area contributed by atoms with Crippen LogP contribution in [0.3, 0.4) is 0 Å². The molecule has 2 rings (SSSR count). The molecule has 0 radical (unpaired) electrons. The fourth-order valence-corrected chi connectivity index (χ4v) is 4.40. The average Bonchev–Trinajstić information content (AvgIpc) is 2.80. The van der Waals surface area contributed by atoms with E-state index in [2.05, 4.69) is 0 Å². The van der Waals surface area contributed by atoms with Gasteiger partial charge in [-0.2, -0.15) is 0 Å². The fraction of sp³-hybridized carbons (Fsp3) is 0.520. The van der Waals surface area contributed by atoms with Crippen LogP contribution in [0.2, 0.25) is 0 Å². The van der Waals surface area contributed by atoms with E-state index in [0.29, 0.717) is 25.2 Å². The molecule has 2 aromatic carbocycles. The molecule has 0 heterocycles. The molecule has 0 aliphatic carbocycles. The van der Waals surface area contributed by atoms with Crippen LogP contribution in [-0.2, 0) is 0 Å². The van der Waals surface area contributed by atoms with Gasteiger partial charge in [-0.3, -0.25) is 0 Å². The van der Waals surface area contributed by atoms with Gasteiger partial charge >= 0.3 is 0 Å². The molecule has 0 aliphatic heterocycles. The second kappa shape index (κ2) is 11.6. The quantitative estimate of drug-likeness (QED) is 0.137. The molecular weight excluding hydrogens is 409 g/mol. The van der Waals surface area contributed by atoms with Gasteiger partial charge in [0.05, 0.1) is 25.2 Å². The maximum absolute atomic E-state index is 15.1. The van der Waals surface area contributed by atoms with Crippen LogP contribution in [0, 0.1) is 29.1 Å². The number of benzene rings is 2. The van der Waals surface area contributed by atoms with Gasteiger partial charge in [-0.05, 0) is 19.3 Å². The third-order valence-electron chi connectivity index (χ3n) is 6.05. The Morgan fingerprint density at radius 3 is 1.39 bits per heavy atom. The van der Waals surface area contributed by atoms with Crippen molar-refractivity contribution in [2.75, 3.05) is 19.6 Å². The molecule has 0 bridgehead atoms. The zero-order chi connectivity index (χ0) is 23.0. The van der Waals surface area contributed by atoms with Crippen LogP contribution >= 0.6 is 0 Å². The average molecular weight is 443 g/mol. The van der Waals surface area contributed by atoms with Gasteiger partial charge in [0.25, 0.3) is 0 Å². The SMILES string of the molecule is CCCC[N+](CCCC)(CCCC)C(c1ccccc1)c1c(F)c(F)c(F)c(F)c1F. The zero-order valence-electron chi connectivity index (χ0n) is 18.7. The highest BCUT2D eigenvalue weighted by molar-refractivity contribution is 5.34. The molecule has 2 aromatic rings. The van der Waals surface area contributed by atoms with E-state index in [1.165, 1.54) is 0 Å². The Morgan fingerprint density at radius 1 is 0.613 bits per heavy atom. The molecule has 172 valence electrons. The Morgan fingerprint density at radius 2 is 1.00 bits per heavy atom. The van der Waals surface area contributed by atoms with Crippen molar-refractivity contribution >= 4 is 0 Å². The highest BCUT2D eigenvalue weighted by Crippen LogP contribution is 2.41. The zero-order valence-corrected chi connectivity index (χ0v) is 18.7. The first kappa shape index (κ1) is 25.3. The molecule has 1 atom stereocenters. The number of quaternary nitrogens is 1. The van der Waals surface area contributed by atoms with Crippen molar-refractivity contribution in [1.82, 2.24) is 0 Å². The maximum atomic E-state index is 15.1. The maximum Gasteiger partial charge on any atom is 0.200 e. The molecular formula is C25H33F5N+. The van der Waals surface area contributed by atoms with Crippen molar-refractivity contribution in [2.24, 2.45) is 0 Å². The lowest BCUT2D eigenvalue weighted by atomic mass is 9.91. The van der Waals surface area contributed by atoms with Gasteiger partial charge in [0, 0.05) is 5.56 Å². The van der Waals surface area contributed by atoms with E-state index in [-0.39, 0.29) is 4.48 Å². The molecule has 31 heavy (non-hydrogen) atoms. The third kappa shape index (κ3) is 5.46. The third-order valence-corrected chi connectivity index (χ3v) is 6.05. The van der Waals surface area contributed by atoms with Crippen LogP contribution in [0.25, 0.3) is 0 Å². The minimum atomic E-state index is -2.11. The van der Waals surface area contributed by atoms with Crippen molar-refractivity contribution in [2.45, 2.75) is 65.3 Å². The van der Waals surface area contributed by atoms with Crippen molar-refractivity contribution in [3.05, 3.63) is 70.5 Å². The predicted octanol–water partition coefficient (Wildman–Crippen LogP) is 7.69. The summed E-state index contributed by atoms with van der Waals surface area (Å²) in [5.74, 6) is -9.32. The minimum Gasteiger partial charge on any atom is -0.313 e. The summed E-state index contributed by atoms with van der Waals surface area (Å²) in [5, 5.41) is 0. The number of hydrogen-bond donors (Lipinski definition) is 0. The van der Waals surface area contributed by atoms with Crippen molar-refractivity contribution < 1.29 is 26.4 Å². The van der Waals surface area contributed by atoms with Crippen molar-refractivity contribution in [3.8, 4) is 0 Å². The van der Waals surface area contributed by atoms with Gasteiger partial charge in [-0.25, -0.2) is 22.0 Å². The molecule has 0 N–H and O–H groups in total. The minimum absolute atomic E-state index is 0.276. The first-order chi connectivity index (χ1) is 14.8. The number of rotatable bonds is 12. The Bertz CT molecular complexity index is 787. The number of nitrogens with zero attached hydrogens (tertiary/aromatic N) is 1. The Balaban J connectivity index is 2.85. The topological polar surface area (TPSA) is 0 Å². The second-order valence-electron chi connectivity index (χ2n) is 8.25. The summed E-state index contributed by atoms with van der Waals surface area (Å²) in [6.07, 6.45) is 5.01. The van der Waals surface area contributed by atoms with E-state index in [1.807, 2.05) is 20.8 Å². The Hall–Kier alpha value is -1.95. The molecule has 6 heteroatoms. The highest BCUT2D eigenvalue weighted by Gasteiger charge is 2.43. The van der Waals surface area contributed by atoms with Crippen LogP contribution in [0.15, 0.2) is 30.3 Å². The molecule has 0 saturated carbocycles. The predicted molar refractivity (Wildman–Crippen MR) is 114 cm³/mol. The van der Waals surface area contributed by atoms with Crippen LogP contribution in [0.1, 0.15) is 76.5 Å². The van der Waals surface area contributed by atoms with E-state index in [4.69, 9.17) is 0 Å². The largest absolute Gasteiger partial charge is 0.313 e. The molecule has 1 nitrogen and oxygen atoms in total. The van der Waals surface area contributed by atoms with Crippen molar-refractivity contribution in [1.29, 1.82) is 0 Å². The van der Waals surface area contributed by atoms with E-state index in [1.54, 1.807) is 30.3 Å². The summed E-state index contributed by atoms with van der Waals surface area (Å²) in [7, 11) is 0. The molecule has 0 amide bonds. The van der Waals surface area contributed by atoms with E-state index in [9.17, 15) is 13.2 Å². The van der Waals surface area contributed by atoms with Crippen LogP contribution in [0.4, 0.5) is 22.0 Å². The lowest BCUT2D eigenvalue weighted by Crippen LogP contribution is -2.53. The molecule has 0 fully saturated rings. The molecule has 0 saturated heterocycles. The number of unbranched alkanes of at least 4 members (excludes halogenated alkanes) is 3. The highest BCUT2D eigenvalue weighted by atomic mass is 19.2. The smallest absolute Gasteiger partial charge is 0.200 e. The van der Waals surface area contributed by atoms with E-state index in [0.717, 1.165) is 38.5 Å². The molecule has 0 aromatic heterocycles. The lowest BCUT2D eigenvalue weighted by molar-refractivity contribution is -0.952. The summed E-state index contributed by atoms with van der Waals surface area (Å²) in [4.78, 5) is 0. The molecule has 0 aliphatic rings. The first-order valence-corrected chi connectivity index (χ1v) is 11.3. The molecule has 1 unspecified atom stereocenters. The molecule has 0 spiro atoms. The van der Waals surface area contributed by atoms with Gasteiger partial charge < -0.3 is 4.48 Å². The van der Waals surface area contributed by atoms with Gasteiger partial charge in [0.1, 0.15) is 6.04 Å². The Labute approximate surface area is 182 Å². The number of halogens is 5. The fourth-order valence-electron chi connectivity index (χ4n) is 4.40. The van der Waals surface area contributed by atoms with Crippen LogP contribution < -0.4 is 0 Å². The van der Waals surface area contributed by atoms with Gasteiger partial charge in [-0.15, -0.1) is 0 Å². The monoisotopic (exact) mass is 442 g/mol. The van der Waals surface area contributed by atoms with Crippen LogP contribution in [-0.4, -0.2) is 24.1 Å². The summed E-state index contributed by atoms with van der Waals surface area (Å²) in [5.41, 5.74) is -0.153. The summed E-state index contributed by atoms with van der Waals surface area (Å²) >= 11 is 0. The van der Waals surface area contributed by atoms with E-state index < -0.39 is 40.7 Å². The Kier molecular flexibility index (Phi) is 9.48. The van der Waals surface area contributed by atoms with E-state index >= 15 is 8.78 Å². The summed E-state index contributed by atoms with van der Waals surface area (Å²) in [6, 6.07) is 7.72. The van der Waals surface area contributed by atoms with Crippen molar-refractivity contribution in [3.63, 3.8) is 0 Å². The number of hydrogen-bond acceptors (Lipinski definition) is 0. The second-order valence-corrected chi connectivity index (χ2v) is 8.25. The lowest BCUT2D eigenvalue weighted by Gasteiger charge is -2.46. The summed E-state index contributed by atoms with van der Waals surface area (Å²) < 4.78 is 72.8. The van der Waals surface area contributed by atoms with Gasteiger partial charge in [0.15, 0.2) is 23.3 Å². The van der Waals surface area contributed by atoms with Gasteiger partial charge in [0.2, 0.25) is 5.82 Å². The summed E-state index contributed by atoms with van der Waals surface area (Å²) in [6.45, 7) is 7.92.